The molecule has 7 nitrogen and oxygen atoms in total. The summed E-state index contributed by atoms with van der Waals surface area (Å²) in [5.41, 5.74) is 1.11. The number of guanidine groups is 1. The number of rotatable bonds is 4. The highest BCUT2D eigenvalue weighted by Gasteiger charge is 2.25. The Kier molecular flexibility index (Phi) is 7.67. The topological polar surface area (TPSA) is 83.0 Å². The van der Waals surface area contributed by atoms with E-state index in [1.807, 2.05) is 24.3 Å². The van der Waals surface area contributed by atoms with E-state index in [0.29, 0.717) is 44.9 Å². The van der Waals surface area contributed by atoms with Crippen LogP contribution in [0.4, 0.5) is 0 Å². The summed E-state index contributed by atoms with van der Waals surface area (Å²) in [6.45, 7) is 1.49. The van der Waals surface area contributed by atoms with Crippen LogP contribution in [0.2, 0.25) is 0 Å². The van der Waals surface area contributed by atoms with Gasteiger partial charge in [0.25, 0.3) is 0 Å². The molecule has 0 saturated carbocycles. The van der Waals surface area contributed by atoms with Gasteiger partial charge >= 0.3 is 0 Å². The first-order valence-corrected chi connectivity index (χ1v) is 8.71. The van der Waals surface area contributed by atoms with Crippen LogP contribution in [0.5, 0.6) is 5.75 Å². The van der Waals surface area contributed by atoms with E-state index in [-0.39, 0.29) is 41.8 Å². The average molecular weight is 472 g/mol. The van der Waals surface area contributed by atoms with Gasteiger partial charge in [0.05, 0.1) is 12.6 Å². The summed E-state index contributed by atoms with van der Waals surface area (Å²) in [5, 5.41) is 6.58. The van der Waals surface area contributed by atoms with Crippen LogP contribution in [0.25, 0.3) is 0 Å². The number of benzene rings is 1. The Balaban J connectivity index is 0.00000243. The summed E-state index contributed by atoms with van der Waals surface area (Å²) < 4.78 is 5.67. The van der Waals surface area contributed by atoms with Crippen molar-refractivity contribution in [3.63, 3.8) is 0 Å². The van der Waals surface area contributed by atoms with E-state index in [9.17, 15) is 9.59 Å². The maximum atomic E-state index is 11.8. The molecule has 1 fully saturated rings. The maximum absolute atomic E-state index is 11.8. The van der Waals surface area contributed by atoms with Crippen molar-refractivity contribution in [2.24, 2.45) is 4.99 Å². The third kappa shape index (κ3) is 4.87. The number of amides is 2. The molecule has 0 radical (unpaired) electrons. The molecule has 1 aromatic rings. The SMILES string of the molecule is CN=C(NCCN1C(=O)CCCC1=O)NC1CCOc2ccccc21.I. The van der Waals surface area contributed by atoms with E-state index in [0.717, 1.165) is 17.7 Å². The Morgan fingerprint density at radius 2 is 2.00 bits per heavy atom. The zero-order valence-corrected chi connectivity index (χ0v) is 17.2. The molecule has 2 aliphatic rings. The molecule has 2 aliphatic heterocycles. The molecule has 1 aromatic carbocycles. The van der Waals surface area contributed by atoms with Crippen LogP contribution in [-0.4, -0.2) is 49.4 Å². The lowest BCUT2D eigenvalue weighted by atomic mass is 10.0. The van der Waals surface area contributed by atoms with Crippen LogP contribution in [0.3, 0.4) is 0 Å². The first-order chi connectivity index (χ1) is 12.2. The number of piperidine rings is 1. The smallest absolute Gasteiger partial charge is 0.229 e. The molecule has 0 spiro atoms. The molecule has 142 valence electrons. The molecule has 8 heteroatoms. The van der Waals surface area contributed by atoms with Crippen molar-refractivity contribution in [2.75, 3.05) is 26.7 Å². The number of carbonyl (C=O) groups is 2. The minimum Gasteiger partial charge on any atom is -0.493 e. The number of carbonyl (C=O) groups excluding carboxylic acids is 2. The maximum Gasteiger partial charge on any atom is 0.229 e. The molecule has 1 unspecified atom stereocenters. The van der Waals surface area contributed by atoms with Crippen LogP contribution in [0.15, 0.2) is 29.3 Å². The number of nitrogens with one attached hydrogen (secondary N) is 2. The summed E-state index contributed by atoms with van der Waals surface area (Å²) >= 11 is 0. The molecule has 3 rings (SSSR count). The lowest BCUT2D eigenvalue weighted by Crippen LogP contribution is -2.47. The molecule has 0 aromatic heterocycles. The van der Waals surface area contributed by atoms with Crippen molar-refractivity contribution in [1.29, 1.82) is 0 Å². The molecule has 0 bridgehead atoms. The monoisotopic (exact) mass is 472 g/mol. The van der Waals surface area contributed by atoms with Crippen molar-refractivity contribution >= 4 is 41.8 Å². The van der Waals surface area contributed by atoms with Gasteiger partial charge in [-0.3, -0.25) is 19.5 Å². The molecule has 2 amide bonds. The summed E-state index contributed by atoms with van der Waals surface area (Å²) in [4.78, 5) is 29.2. The quantitative estimate of drug-likeness (QED) is 0.303. The van der Waals surface area contributed by atoms with Crippen molar-refractivity contribution < 1.29 is 14.3 Å². The zero-order valence-electron chi connectivity index (χ0n) is 14.9. The predicted octanol–water partition coefficient (Wildman–Crippen LogP) is 1.83. The summed E-state index contributed by atoms with van der Waals surface area (Å²) in [6.07, 6.45) is 2.42. The first kappa shape index (κ1) is 20.5. The second-order valence-electron chi connectivity index (χ2n) is 6.16. The van der Waals surface area contributed by atoms with Gasteiger partial charge in [0.2, 0.25) is 11.8 Å². The number of para-hydroxylation sites is 1. The number of fused-ring (bicyclic) bond motifs is 1. The van der Waals surface area contributed by atoms with Gasteiger partial charge in [0, 0.05) is 45.0 Å². The van der Waals surface area contributed by atoms with Crippen molar-refractivity contribution in [3.05, 3.63) is 29.8 Å². The molecular formula is C18H25IN4O3. The zero-order chi connectivity index (χ0) is 17.6. The standard InChI is InChI=1S/C18H24N4O3.HI/c1-19-18(20-10-11-22-16(23)7-4-8-17(22)24)21-14-9-12-25-15-6-3-2-5-13(14)15;/h2-3,5-6,14H,4,7-12H2,1H3,(H2,19,20,21);1H. The van der Waals surface area contributed by atoms with Crippen molar-refractivity contribution in [1.82, 2.24) is 15.5 Å². The van der Waals surface area contributed by atoms with Crippen LogP contribution in [-0.2, 0) is 9.59 Å². The number of likely N-dealkylation sites (tertiary alicyclic amines) is 1. The van der Waals surface area contributed by atoms with E-state index in [2.05, 4.69) is 15.6 Å². The number of ether oxygens (including phenoxy) is 1. The van der Waals surface area contributed by atoms with Crippen LogP contribution >= 0.6 is 24.0 Å². The summed E-state index contributed by atoms with van der Waals surface area (Å²) in [6, 6.07) is 8.08. The van der Waals surface area contributed by atoms with Gasteiger partial charge in [-0.25, -0.2) is 0 Å². The molecule has 1 saturated heterocycles. The Labute approximate surface area is 170 Å². The predicted molar refractivity (Wildman–Crippen MR) is 110 cm³/mol. The summed E-state index contributed by atoms with van der Waals surface area (Å²) in [5.74, 6) is 1.38. The van der Waals surface area contributed by atoms with Gasteiger partial charge in [-0.2, -0.15) is 0 Å². The Hall–Kier alpha value is -1.84. The van der Waals surface area contributed by atoms with E-state index in [1.165, 1.54) is 4.90 Å². The third-order valence-electron chi connectivity index (χ3n) is 4.50. The Bertz CT molecular complexity index is 664. The highest BCUT2D eigenvalue weighted by Crippen LogP contribution is 2.31. The molecular weight excluding hydrogens is 447 g/mol. The van der Waals surface area contributed by atoms with Crippen LogP contribution in [0.1, 0.15) is 37.3 Å². The number of hydrogen-bond acceptors (Lipinski definition) is 4. The summed E-state index contributed by atoms with van der Waals surface area (Å²) in [7, 11) is 1.71. The number of hydrogen-bond donors (Lipinski definition) is 2. The number of aliphatic imine (C=N–C) groups is 1. The molecule has 2 N–H and O–H groups in total. The lowest BCUT2D eigenvalue weighted by Gasteiger charge is -2.29. The third-order valence-corrected chi connectivity index (χ3v) is 4.50. The fourth-order valence-corrected chi connectivity index (χ4v) is 3.19. The minimum atomic E-state index is -0.0839. The fraction of sp³-hybridized carbons (Fsp3) is 0.500. The van der Waals surface area contributed by atoms with Gasteiger partial charge in [0.1, 0.15) is 5.75 Å². The van der Waals surface area contributed by atoms with E-state index in [4.69, 9.17) is 4.74 Å². The normalized spacial score (nSPS) is 20.0. The van der Waals surface area contributed by atoms with E-state index >= 15 is 0 Å². The minimum absolute atomic E-state index is 0. The number of nitrogens with zero attached hydrogens (tertiary/aromatic N) is 2. The van der Waals surface area contributed by atoms with Gasteiger partial charge < -0.3 is 15.4 Å². The van der Waals surface area contributed by atoms with Gasteiger partial charge in [-0.05, 0) is 12.5 Å². The molecule has 0 aliphatic carbocycles. The second kappa shape index (κ2) is 9.75. The highest BCUT2D eigenvalue weighted by atomic mass is 127. The fourth-order valence-electron chi connectivity index (χ4n) is 3.19. The van der Waals surface area contributed by atoms with Gasteiger partial charge in [0.15, 0.2) is 5.96 Å². The second-order valence-corrected chi connectivity index (χ2v) is 6.16. The van der Waals surface area contributed by atoms with E-state index < -0.39 is 0 Å². The lowest BCUT2D eigenvalue weighted by molar-refractivity contribution is -0.147. The highest BCUT2D eigenvalue weighted by molar-refractivity contribution is 14.0. The van der Waals surface area contributed by atoms with Gasteiger partial charge in [-0.15, -0.1) is 24.0 Å². The number of halogens is 1. The number of imide groups is 1. The van der Waals surface area contributed by atoms with Crippen LogP contribution in [0, 0.1) is 0 Å². The van der Waals surface area contributed by atoms with Gasteiger partial charge in [-0.1, -0.05) is 18.2 Å². The molecule has 2 heterocycles. The average Bonchev–Trinajstić information content (AvgIpc) is 2.63. The Morgan fingerprint density at radius 3 is 2.73 bits per heavy atom. The molecule has 26 heavy (non-hydrogen) atoms. The molecule has 1 atom stereocenters. The Morgan fingerprint density at radius 1 is 1.27 bits per heavy atom. The van der Waals surface area contributed by atoms with E-state index in [1.54, 1.807) is 7.05 Å². The van der Waals surface area contributed by atoms with Crippen LogP contribution < -0.4 is 15.4 Å². The van der Waals surface area contributed by atoms with Crippen molar-refractivity contribution in [2.45, 2.75) is 31.7 Å². The van der Waals surface area contributed by atoms with Crippen molar-refractivity contribution in [3.8, 4) is 5.75 Å². The first-order valence-electron chi connectivity index (χ1n) is 8.71. The largest absolute Gasteiger partial charge is 0.493 e.